The third kappa shape index (κ3) is 7.13. The summed E-state index contributed by atoms with van der Waals surface area (Å²) >= 11 is 12.6. The van der Waals surface area contributed by atoms with Gasteiger partial charge in [-0.25, -0.2) is 14.6 Å². The zero-order chi connectivity index (χ0) is 33.2. The molecule has 2 amide bonds. The molecule has 2 aliphatic heterocycles. The number of rotatable bonds is 7. The maximum Gasteiger partial charge on any atom is 0.253 e. The second kappa shape index (κ2) is 14.0. The first kappa shape index (κ1) is 32.9. The third-order valence-electron chi connectivity index (χ3n) is 9.25. The highest BCUT2D eigenvalue weighted by molar-refractivity contribution is 6.43. The van der Waals surface area contributed by atoms with Gasteiger partial charge in [0.05, 0.1) is 22.3 Å². The van der Waals surface area contributed by atoms with Crippen LogP contribution in [0.4, 0.5) is 5.82 Å². The van der Waals surface area contributed by atoms with Crippen LogP contribution in [0.3, 0.4) is 0 Å². The maximum atomic E-state index is 13.6. The minimum atomic E-state index is -0.0708. The van der Waals surface area contributed by atoms with Gasteiger partial charge in [-0.2, -0.15) is 0 Å². The van der Waals surface area contributed by atoms with Crippen molar-refractivity contribution in [3.63, 3.8) is 0 Å². The predicted molar refractivity (Wildman–Crippen MR) is 184 cm³/mol. The van der Waals surface area contributed by atoms with Crippen molar-refractivity contribution in [3.8, 4) is 11.3 Å². The first-order chi connectivity index (χ1) is 22.6. The number of hydrogen-bond donors (Lipinski definition) is 0. The number of hydrogen-bond acceptors (Lipinski definition) is 7. The normalized spacial score (nSPS) is 16.1. The topological polar surface area (TPSA) is 100 Å². The summed E-state index contributed by atoms with van der Waals surface area (Å²) in [7, 11) is 1.86. The molecule has 47 heavy (non-hydrogen) atoms. The minimum absolute atomic E-state index is 0.0695. The lowest BCUT2D eigenvalue weighted by atomic mass is 10.0. The molecule has 0 spiro atoms. The number of likely N-dealkylation sites (tertiary alicyclic amines) is 1. The van der Waals surface area contributed by atoms with E-state index in [2.05, 4.69) is 34.0 Å². The van der Waals surface area contributed by atoms with Crippen molar-refractivity contribution in [2.75, 3.05) is 38.1 Å². The number of carbonyl (C=O) groups is 2. The van der Waals surface area contributed by atoms with Gasteiger partial charge < -0.3 is 14.7 Å². The van der Waals surface area contributed by atoms with Gasteiger partial charge in [-0.3, -0.25) is 9.59 Å². The molecule has 6 rings (SSSR count). The van der Waals surface area contributed by atoms with Crippen LogP contribution < -0.4 is 4.90 Å². The monoisotopic (exact) mass is 674 g/mol. The molecule has 0 N–H and O–H groups in total. The summed E-state index contributed by atoms with van der Waals surface area (Å²) in [6.45, 7) is 9.00. The lowest BCUT2D eigenvalue weighted by Crippen LogP contribution is -2.46. The van der Waals surface area contributed by atoms with Crippen molar-refractivity contribution in [1.82, 2.24) is 34.8 Å². The molecular formula is C35H40Cl2N8O2. The lowest BCUT2D eigenvalue weighted by molar-refractivity contribution is 0.0689. The molecular weight excluding hydrogens is 635 g/mol. The van der Waals surface area contributed by atoms with E-state index in [9.17, 15) is 9.59 Å². The Bertz CT molecular complexity index is 1760. The van der Waals surface area contributed by atoms with Crippen LogP contribution in [0.25, 0.3) is 11.3 Å². The Morgan fingerprint density at radius 2 is 1.62 bits per heavy atom. The molecule has 4 heterocycles. The predicted octanol–water partition coefficient (Wildman–Crippen LogP) is 6.69. The van der Waals surface area contributed by atoms with Gasteiger partial charge in [0.15, 0.2) is 0 Å². The third-order valence-corrected chi connectivity index (χ3v) is 10.1. The molecule has 2 fully saturated rings. The van der Waals surface area contributed by atoms with Crippen molar-refractivity contribution < 1.29 is 9.59 Å². The molecule has 2 aromatic carbocycles. The molecule has 0 bridgehead atoms. The summed E-state index contributed by atoms with van der Waals surface area (Å²) in [5.41, 5.74) is 3.42. The fourth-order valence-electron chi connectivity index (χ4n) is 6.43. The highest BCUT2D eigenvalue weighted by Crippen LogP contribution is 2.33. The molecule has 4 aromatic rings. The van der Waals surface area contributed by atoms with Gasteiger partial charge in [0.1, 0.15) is 17.3 Å². The first-order valence-electron chi connectivity index (χ1n) is 16.2. The van der Waals surface area contributed by atoms with E-state index in [0.29, 0.717) is 40.0 Å². The molecule has 2 aliphatic rings. The second-order valence-electron chi connectivity index (χ2n) is 12.8. The Labute approximate surface area is 285 Å². The molecule has 0 radical (unpaired) electrons. The number of nitrogens with zero attached hydrogens (tertiary/aromatic N) is 8. The lowest BCUT2D eigenvalue weighted by Gasteiger charge is -2.37. The highest BCUT2D eigenvalue weighted by Gasteiger charge is 2.29. The first-order valence-corrected chi connectivity index (χ1v) is 17.0. The van der Waals surface area contributed by atoms with Gasteiger partial charge in [-0.05, 0) is 56.9 Å². The number of halogens is 2. The van der Waals surface area contributed by atoms with Crippen LogP contribution in [0.2, 0.25) is 10.0 Å². The molecule has 12 heteroatoms. The van der Waals surface area contributed by atoms with E-state index in [1.165, 1.54) is 0 Å². The number of anilines is 1. The number of carbonyl (C=O) groups excluding carboxylic acids is 2. The quantitative estimate of drug-likeness (QED) is 0.215. The molecule has 0 saturated carbocycles. The van der Waals surface area contributed by atoms with Crippen LogP contribution in [0, 0.1) is 6.92 Å². The van der Waals surface area contributed by atoms with Gasteiger partial charge in [0.25, 0.3) is 11.8 Å². The Morgan fingerprint density at radius 3 is 2.34 bits per heavy atom. The van der Waals surface area contributed by atoms with Crippen molar-refractivity contribution in [2.24, 2.45) is 0 Å². The molecule has 10 nitrogen and oxygen atoms in total. The van der Waals surface area contributed by atoms with Gasteiger partial charge in [-0.15, -0.1) is 5.10 Å². The van der Waals surface area contributed by atoms with Crippen LogP contribution in [0.1, 0.15) is 83.7 Å². The van der Waals surface area contributed by atoms with Crippen LogP contribution in [0.5, 0.6) is 0 Å². The van der Waals surface area contributed by atoms with E-state index in [1.807, 2.05) is 52.8 Å². The summed E-state index contributed by atoms with van der Waals surface area (Å²) in [5.74, 6) is 1.94. The Morgan fingerprint density at radius 1 is 0.915 bits per heavy atom. The summed E-state index contributed by atoms with van der Waals surface area (Å²) in [4.78, 5) is 42.5. The van der Waals surface area contributed by atoms with Gasteiger partial charge in [-0.1, -0.05) is 60.5 Å². The van der Waals surface area contributed by atoms with E-state index >= 15 is 0 Å². The van der Waals surface area contributed by atoms with Crippen LogP contribution in [-0.4, -0.2) is 85.8 Å². The van der Waals surface area contributed by atoms with Crippen LogP contribution >= 0.6 is 23.2 Å². The maximum absolute atomic E-state index is 13.6. The van der Waals surface area contributed by atoms with Crippen molar-refractivity contribution >= 4 is 40.8 Å². The zero-order valence-corrected chi connectivity index (χ0v) is 28.7. The van der Waals surface area contributed by atoms with E-state index in [4.69, 9.17) is 28.2 Å². The van der Waals surface area contributed by atoms with Gasteiger partial charge in [0, 0.05) is 73.6 Å². The molecule has 2 saturated heterocycles. The minimum Gasteiger partial charge on any atom is -0.356 e. The van der Waals surface area contributed by atoms with Crippen molar-refractivity contribution in [1.29, 1.82) is 0 Å². The van der Waals surface area contributed by atoms with E-state index in [-0.39, 0.29) is 29.8 Å². The summed E-state index contributed by atoms with van der Waals surface area (Å²) in [6, 6.07) is 14.8. The number of piperidine rings is 2. The Balaban J connectivity index is 1.04. The molecule has 246 valence electrons. The molecule has 0 unspecified atom stereocenters. The smallest absolute Gasteiger partial charge is 0.253 e. The fourth-order valence-corrected chi connectivity index (χ4v) is 6.83. The van der Waals surface area contributed by atoms with Gasteiger partial charge >= 0.3 is 0 Å². The van der Waals surface area contributed by atoms with Crippen LogP contribution in [-0.2, 0) is 0 Å². The van der Waals surface area contributed by atoms with Crippen molar-refractivity contribution in [2.45, 2.75) is 64.5 Å². The summed E-state index contributed by atoms with van der Waals surface area (Å²) in [6.07, 6.45) is 5.05. The average Bonchev–Trinajstić information content (AvgIpc) is 3.58. The number of amides is 2. The molecule has 0 aliphatic carbocycles. The second-order valence-corrected chi connectivity index (χ2v) is 13.6. The highest BCUT2D eigenvalue weighted by atomic mass is 35.5. The SMILES string of the molecule is Cc1cc(N2CCC(N(C)C(=O)c3cccc(C(=O)N4CCC(n5cc(-c6cccc(Cl)c6Cl)nn5)CC4)c3)CC2)nc(C(C)C)n1. The standard InChI is InChI=1S/C35H40Cl2N8O2/c1-22(2)33-38-23(3)19-31(39-33)43-15-11-26(12-16-43)42(4)34(46)24-7-5-8-25(20-24)35(47)44-17-13-27(14-18-44)45-21-30(40-41-45)28-9-6-10-29(36)32(28)37/h5-10,19-22,26-27H,11-18H2,1-4H3. The summed E-state index contributed by atoms with van der Waals surface area (Å²) in [5, 5.41) is 9.58. The van der Waals surface area contributed by atoms with Crippen molar-refractivity contribution in [3.05, 3.63) is 87.4 Å². The van der Waals surface area contributed by atoms with Gasteiger partial charge in [0.2, 0.25) is 0 Å². The largest absolute Gasteiger partial charge is 0.356 e. The van der Waals surface area contributed by atoms with E-state index < -0.39 is 0 Å². The van der Waals surface area contributed by atoms with E-state index in [0.717, 1.165) is 61.7 Å². The Kier molecular flexibility index (Phi) is 9.80. The number of aromatic nitrogens is 5. The zero-order valence-electron chi connectivity index (χ0n) is 27.2. The van der Waals surface area contributed by atoms with E-state index in [1.54, 1.807) is 30.3 Å². The molecule has 2 aromatic heterocycles. The summed E-state index contributed by atoms with van der Waals surface area (Å²) < 4.78 is 1.85. The Hall–Kier alpha value is -4.02. The number of aryl methyl sites for hydroxylation is 1. The number of benzene rings is 2. The molecule has 0 atom stereocenters. The average molecular weight is 676 g/mol. The fraction of sp³-hybridized carbons (Fsp3) is 0.429. The van der Waals surface area contributed by atoms with Crippen LogP contribution in [0.15, 0.2) is 54.7 Å².